The number of rotatable bonds is 3. The van der Waals surface area contributed by atoms with Crippen molar-refractivity contribution in [2.24, 2.45) is 0 Å². The van der Waals surface area contributed by atoms with Gasteiger partial charge in [0.2, 0.25) is 0 Å². The first kappa shape index (κ1) is 13.3. The molecule has 0 spiro atoms. The van der Waals surface area contributed by atoms with Crippen LogP contribution in [0.25, 0.3) is 22.4 Å². The van der Waals surface area contributed by atoms with Crippen LogP contribution in [0.2, 0.25) is 5.02 Å². The molecule has 2 aromatic heterocycles. The Labute approximate surface area is 122 Å². The van der Waals surface area contributed by atoms with Gasteiger partial charge in [0.15, 0.2) is 0 Å². The summed E-state index contributed by atoms with van der Waals surface area (Å²) in [6.45, 7) is -0.479. The molecular weight excluding hydrogens is 298 g/mol. The van der Waals surface area contributed by atoms with E-state index in [0.717, 1.165) is 10.9 Å². The van der Waals surface area contributed by atoms with Crippen LogP contribution in [0.1, 0.15) is 0 Å². The van der Waals surface area contributed by atoms with Crippen LogP contribution in [0.5, 0.6) is 0 Å². The summed E-state index contributed by atoms with van der Waals surface area (Å²) in [7, 11) is 0. The van der Waals surface area contributed by atoms with Crippen LogP contribution in [0.3, 0.4) is 0 Å². The van der Waals surface area contributed by atoms with E-state index in [9.17, 15) is 9.59 Å². The van der Waals surface area contributed by atoms with Crippen LogP contribution in [0, 0.1) is 0 Å². The third kappa shape index (κ3) is 2.38. The minimum absolute atomic E-state index is 0.0617. The first-order valence-corrected chi connectivity index (χ1v) is 6.26. The standard InChI is InChI=1S/C13H8ClN3O4/c14-8-3-1-7(2-4-8)11-10-12(21-16-11)15-6-17(13(10)20)5-9(18)19/h1-4,6H,5H2,(H,18,19). The van der Waals surface area contributed by atoms with E-state index in [4.69, 9.17) is 21.2 Å². The van der Waals surface area contributed by atoms with Crippen molar-refractivity contribution < 1.29 is 14.4 Å². The highest BCUT2D eigenvalue weighted by molar-refractivity contribution is 6.30. The van der Waals surface area contributed by atoms with Gasteiger partial charge in [-0.05, 0) is 12.1 Å². The molecule has 2 heterocycles. The van der Waals surface area contributed by atoms with Gasteiger partial charge in [-0.2, -0.15) is 0 Å². The zero-order chi connectivity index (χ0) is 15.0. The second-order valence-electron chi connectivity index (χ2n) is 4.29. The second kappa shape index (κ2) is 5.02. The fraction of sp³-hybridized carbons (Fsp3) is 0.0769. The van der Waals surface area contributed by atoms with E-state index in [0.29, 0.717) is 16.3 Å². The van der Waals surface area contributed by atoms with Gasteiger partial charge in [0.05, 0.1) is 0 Å². The molecular formula is C13H8ClN3O4. The summed E-state index contributed by atoms with van der Waals surface area (Å²) in [4.78, 5) is 27.0. The molecule has 0 radical (unpaired) electrons. The number of carboxylic acid groups (broad SMARTS) is 1. The van der Waals surface area contributed by atoms with Crippen molar-refractivity contribution >= 4 is 28.7 Å². The Morgan fingerprint density at radius 1 is 1.33 bits per heavy atom. The van der Waals surface area contributed by atoms with Gasteiger partial charge in [-0.3, -0.25) is 14.2 Å². The number of aromatic nitrogens is 3. The molecule has 0 fully saturated rings. The quantitative estimate of drug-likeness (QED) is 0.792. The van der Waals surface area contributed by atoms with Gasteiger partial charge >= 0.3 is 5.97 Å². The predicted molar refractivity (Wildman–Crippen MR) is 74.1 cm³/mol. The minimum Gasteiger partial charge on any atom is -0.480 e. The Hall–Kier alpha value is -2.67. The molecule has 7 nitrogen and oxygen atoms in total. The number of fused-ring (bicyclic) bond motifs is 1. The van der Waals surface area contributed by atoms with Crippen molar-refractivity contribution in [3.63, 3.8) is 0 Å². The second-order valence-corrected chi connectivity index (χ2v) is 4.73. The van der Waals surface area contributed by atoms with Crippen LogP contribution < -0.4 is 5.56 Å². The first-order valence-electron chi connectivity index (χ1n) is 5.89. The highest BCUT2D eigenvalue weighted by Crippen LogP contribution is 2.25. The average Bonchev–Trinajstić information content (AvgIpc) is 2.87. The van der Waals surface area contributed by atoms with Gasteiger partial charge in [-0.1, -0.05) is 28.9 Å². The predicted octanol–water partition coefficient (Wildman–Crippen LogP) is 1.79. The molecule has 0 aliphatic rings. The zero-order valence-electron chi connectivity index (χ0n) is 10.5. The number of benzene rings is 1. The van der Waals surface area contributed by atoms with Crippen LogP contribution in [0.4, 0.5) is 0 Å². The zero-order valence-corrected chi connectivity index (χ0v) is 11.2. The lowest BCUT2D eigenvalue weighted by Crippen LogP contribution is -2.24. The molecule has 0 saturated carbocycles. The van der Waals surface area contributed by atoms with E-state index in [2.05, 4.69) is 10.1 Å². The molecule has 3 aromatic rings. The van der Waals surface area contributed by atoms with E-state index < -0.39 is 18.1 Å². The minimum atomic E-state index is -1.14. The van der Waals surface area contributed by atoms with Gasteiger partial charge in [-0.15, -0.1) is 0 Å². The Bertz CT molecular complexity index is 883. The molecule has 1 N–H and O–H groups in total. The SMILES string of the molecule is O=C(O)Cn1cnc2onc(-c3ccc(Cl)cc3)c2c1=O. The summed E-state index contributed by atoms with van der Waals surface area (Å²) in [5.41, 5.74) is 0.476. The van der Waals surface area contributed by atoms with Gasteiger partial charge in [0.1, 0.15) is 24.0 Å². The van der Waals surface area contributed by atoms with E-state index >= 15 is 0 Å². The summed E-state index contributed by atoms with van der Waals surface area (Å²) in [5.74, 6) is -1.14. The highest BCUT2D eigenvalue weighted by atomic mass is 35.5. The van der Waals surface area contributed by atoms with Crippen molar-refractivity contribution in [3.05, 3.63) is 46.0 Å². The van der Waals surface area contributed by atoms with E-state index in [1.54, 1.807) is 24.3 Å². The summed E-state index contributed by atoms with van der Waals surface area (Å²) >= 11 is 5.82. The normalized spacial score (nSPS) is 10.9. The van der Waals surface area contributed by atoms with Crippen LogP contribution in [-0.4, -0.2) is 25.8 Å². The first-order chi connectivity index (χ1) is 10.1. The number of halogens is 1. The third-order valence-corrected chi connectivity index (χ3v) is 3.14. The maximum absolute atomic E-state index is 12.3. The lowest BCUT2D eigenvalue weighted by Gasteiger charge is -2.01. The fourth-order valence-electron chi connectivity index (χ4n) is 1.94. The Balaban J connectivity index is 2.22. The maximum Gasteiger partial charge on any atom is 0.323 e. The van der Waals surface area contributed by atoms with Crippen molar-refractivity contribution in [3.8, 4) is 11.3 Å². The monoisotopic (exact) mass is 305 g/mol. The van der Waals surface area contributed by atoms with Crippen LogP contribution >= 0.6 is 11.6 Å². The number of carboxylic acids is 1. The molecule has 0 atom stereocenters. The molecule has 21 heavy (non-hydrogen) atoms. The van der Waals surface area contributed by atoms with Gasteiger partial charge in [0, 0.05) is 10.6 Å². The number of hydrogen-bond donors (Lipinski definition) is 1. The smallest absolute Gasteiger partial charge is 0.323 e. The van der Waals surface area contributed by atoms with Crippen LogP contribution in [0.15, 0.2) is 39.9 Å². The van der Waals surface area contributed by atoms with Crippen molar-refractivity contribution in [1.29, 1.82) is 0 Å². The summed E-state index contributed by atoms with van der Waals surface area (Å²) in [5, 5.41) is 13.3. The lowest BCUT2D eigenvalue weighted by molar-refractivity contribution is -0.137. The van der Waals surface area contributed by atoms with Crippen molar-refractivity contribution in [2.75, 3.05) is 0 Å². The molecule has 0 bridgehead atoms. The molecule has 0 amide bonds. The molecule has 1 aromatic carbocycles. The third-order valence-electron chi connectivity index (χ3n) is 2.89. The van der Waals surface area contributed by atoms with Gasteiger partial charge in [-0.25, -0.2) is 4.98 Å². The lowest BCUT2D eigenvalue weighted by atomic mass is 10.1. The average molecular weight is 306 g/mol. The molecule has 0 saturated heterocycles. The Kier molecular flexibility index (Phi) is 3.19. The Morgan fingerprint density at radius 2 is 2.05 bits per heavy atom. The van der Waals surface area contributed by atoms with E-state index in [1.165, 1.54) is 0 Å². The molecule has 0 unspecified atom stereocenters. The number of hydrogen-bond acceptors (Lipinski definition) is 5. The largest absolute Gasteiger partial charge is 0.480 e. The van der Waals surface area contributed by atoms with E-state index in [1.807, 2.05) is 0 Å². The molecule has 8 heteroatoms. The number of nitrogens with zero attached hydrogens (tertiary/aromatic N) is 3. The number of aliphatic carboxylic acids is 1. The summed E-state index contributed by atoms with van der Waals surface area (Å²) in [6, 6.07) is 6.69. The molecule has 0 aliphatic heterocycles. The summed E-state index contributed by atoms with van der Waals surface area (Å²) in [6.07, 6.45) is 1.12. The maximum atomic E-state index is 12.3. The molecule has 106 valence electrons. The van der Waals surface area contributed by atoms with Gasteiger partial charge in [0.25, 0.3) is 11.3 Å². The highest BCUT2D eigenvalue weighted by Gasteiger charge is 2.17. The van der Waals surface area contributed by atoms with E-state index in [-0.39, 0.29) is 11.1 Å². The Morgan fingerprint density at radius 3 is 2.71 bits per heavy atom. The summed E-state index contributed by atoms with van der Waals surface area (Å²) < 4.78 is 6.01. The fourth-order valence-corrected chi connectivity index (χ4v) is 2.07. The van der Waals surface area contributed by atoms with Crippen molar-refractivity contribution in [1.82, 2.24) is 14.7 Å². The number of carbonyl (C=O) groups is 1. The van der Waals surface area contributed by atoms with Crippen LogP contribution in [-0.2, 0) is 11.3 Å². The van der Waals surface area contributed by atoms with Crippen molar-refractivity contribution in [2.45, 2.75) is 6.54 Å². The molecule has 3 rings (SSSR count). The molecule has 0 aliphatic carbocycles. The van der Waals surface area contributed by atoms with Gasteiger partial charge < -0.3 is 9.63 Å². The topological polar surface area (TPSA) is 98.2 Å².